The minimum absolute atomic E-state index is 0.280. The van der Waals surface area contributed by atoms with Gasteiger partial charge < -0.3 is 15.0 Å². The lowest BCUT2D eigenvalue weighted by atomic mass is 10.0. The molecule has 1 unspecified atom stereocenters. The van der Waals surface area contributed by atoms with Crippen LogP contribution in [0, 0.1) is 6.92 Å². The Hall–Kier alpha value is -2.96. The van der Waals surface area contributed by atoms with Gasteiger partial charge in [0.1, 0.15) is 5.69 Å². The van der Waals surface area contributed by atoms with Crippen molar-refractivity contribution in [3.8, 4) is 0 Å². The monoisotopic (exact) mass is 382 g/mol. The third-order valence-corrected chi connectivity index (χ3v) is 5.01. The minimum Gasteiger partial charge on any atom is -0.465 e. The summed E-state index contributed by atoms with van der Waals surface area (Å²) in [4.78, 5) is 36.1. The van der Waals surface area contributed by atoms with Crippen molar-refractivity contribution in [3.05, 3.63) is 47.3 Å². The first kappa shape index (κ1) is 19.8. The molecule has 0 bridgehead atoms. The summed E-state index contributed by atoms with van der Waals surface area (Å²) in [6.45, 7) is 4.92. The van der Waals surface area contributed by atoms with Crippen LogP contribution in [0.1, 0.15) is 59.1 Å². The fourth-order valence-electron chi connectivity index (χ4n) is 3.55. The number of nitrogens with one attached hydrogen (secondary N) is 1. The summed E-state index contributed by atoms with van der Waals surface area (Å²) in [5.41, 5.74) is 1.70. The second-order valence-corrected chi connectivity index (χ2v) is 6.94. The number of carbonyl (C=O) groups excluding carboxylic acids is 2. The van der Waals surface area contributed by atoms with Gasteiger partial charge in [0.15, 0.2) is 0 Å². The van der Waals surface area contributed by atoms with E-state index in [1.807, 2.05) is 6.92 Å². The van der Waals surface area contributed by atoms with Crippen molar-refractivity contribution in [2.45, 2.75) is 45.6 Å². The maximum atomic E-state index is 12.8. The van der Waals surface area contributed by atoms with Gasteiger partial charge in [-0.1, -0.05) is 19.1 Å². The lowest BCUT2D eigenvalue weighted by Gasteiger charge is -2.35. The highest BCUT2D eigenvalue weighted by Crippen LogP contribution is 2.24. The zero-order valence-corrected chi connectivity index (χ0v) is 16.6. The number of hydrogen-bond acceptors (Lipinski definition) is 6. The Morgan fingerprint density at radius 2 is 2.04 bits per heavy atom. The topological polar surface area (TPSA) is 84.4 Å². The molecule has 1 aromatic heterocycles. The van der Waals surface area contributed by atoms with Crippen LogP contribution >= 0.6 is 0 Å². The van der Waals surface area contributed by atoms with Gasteiger partial charge in [0.05, 0.1) is 18.4 Å². The molecule has 28 heavy (non-hydrogen) atoms. The second kappa shape index (κ2) is 8.82. The van der Waals surface area contributed by atoms with Gasteiger partial charge in [0, 0.05) is 18.3 Å². The summed E-state index contributed by atoms with van der Waals surface area (Å²) in [6.07, 6.45) is 4.44. The van der Waals surface area contributed by atoms with Gasteiger partial charge in [-0.2, -0.15) is 0 Å². The number of piperidine rings is 1. The Bertz CT molecular complexity index is 868. The Labute approximate surface area is 165 Å². The molecule has 1 aliphatic heterocycles. The van der Waals surface area contributed by atoms with Crippen molar-refractivity contribution in [1.82, 2.24) is 9.97 Å². The van der Waals surface area contributed by atoms with Crippen LogP contribution in [-0.2, 0) is 4.74 Å². The second-order valence-electron chi connectivity index (χ2n) is 6.94. The van der Waals surface area contributed by atoms with Crippen LogP contribution in [0.15, 0.2) is 30.3 Å². The number of hydrogen-bond donors (Lipinski definition) is 1. The van der Waals surface area contributed by atoms with Gasteiger partial charge in [-0.3, -0.25) is 4.79 Å². The third-order valence-electron chi connectivity index (χ3n) is 5.01. The molecule has 2 aromatic rings. The minimum atomic E-state index is -0.505. The van der Waals surface area contributed by atoms with E-state index in [2.05, 4.69) is 27.1 Å². The van der Waals surface area contributed by atoms with E-state index in [1.165, 1.54) is 13.5 Å². The highest BCUT2D eigenvalue weighted by Gasteiger charge is 2.24. The summed E-state index contributed by atoms with van der Waals surface area (Å²) in [6, 6.07) is 8.79. The molecule has 0 spiro atoms. The molecule has 1 aliphatic rings. The Morgan fingerprint density at radius 1 is 1.25 bits per heavy atom. The van der Waals surface area contributed by atoms with Gasteiger partial charge in [-0.15, -0.1) is 0 Å². The van der Waals surface area contributed by atoms with Crippen molar-refractivity contribution in [2.75, 3.05) is 23.9 Å². The van der Waals surface area contributed by atoms with Crippen LogP contribution in [0.5, 0.6) is 0 Å². The van der Waals surface area contributed by atoms with Crippen LogP contribution in [0.3, 0.4) is 0 Å². The Balaban J connectivity index is 1.87. The van der Waals surface area contributed by atoms with Crippen molar-refractivity contribution >= 4 is 23.5 Å². The van der Waals surface area contributed by atoms with Crippen molar-refractivity contribution in [1.29, 1.82) is 0 Å². The van der Waals surface area contributed by atoms with Crippen molar-refractivity contribution < 1.29 is 14.3 Å². The molecule has 1 saturated heterocycles. The molecule has 1 amide bonds. The van der Waals surface area contributed by atoms with E-state index in [1.54, 1.807) is 30.3 Å². The molecule has 7 heteroatoms. The number of anilines is 2. The van der Waals surface area contributed by atoms with E-state index in [9.17, 15) is 9.59 Å². The molecule has 0 aliphatic carbocycles. The molecule has 1 fully saturated rings. The maximum Gasteiger partial charge on any atom is 0.339 e. The number of aryl methyl sites for hydroxylation is 1. The van der Waals surface area contributed by atoms with Crippen LogP contribution in [0.4, 0.5) is 11.6 Å². The SMILES string of the molecule is CCC1CCCCN1c1nc(C)cc(C(=O)Nc2ccccc2C(=O)OC)n1. The van der Waals surface area contributed by atoms with Gasteiger partial charge in [-0.05, 0) is 50.8 Å². The highest BCUT2D eigenvalue weighted by atomic mass is 16.5. The van der Waals surface area contributed by atoms with Crippen molar-refractivity contribution in [3.63, 3.8) is 0 Å². The molecule has 7 nitrogen and oxygen atoms in total. The normalized spacial score (nSPS) is 16.5. The smallest absolute Gasteiger partial charge is 0.339 e. The molecule has 0 saturated carbocycles. The lowest BCUT2D eigenvalue weighted by Crippen LogP contribution is -2.40. The number of nitrogens with zero attached hydrogens (tertiary/aromatic N) is 3. The average molecular weight is 382 g/mol. The van der Waals surface area contributed by atoms with Gasteiger partial charge in [0.2, 0.25) is 5.95 Å². The Morgan fingerprint density at radius 3 is 2.79 bits per heavy atom. The molecule has 1 aromatic carbocycles. The molecular weight excluding hydrogens is 356 g/mol. The van der Waals surface area contributed by atoms with Crippen LogP contribution < -0.4 is 10.2 Å². The average Bonchev–Trinajstić information content (AvgIpc) is 2.73. The predicted molar refractivity (Wildman–Crippen MR) is 108 cm³/mol. The zero-order chi connectivity index (χ0) is 20.1. The summed E-state index contributed by atoms with van der Waals surface area (Å²) >= 11 is 0. The first-order chi connectivity index (χ1) is 13.5. The number of methoxy groups -OCH3 is 1. The third kappa shape index (κ3) is 4.30. The maximum absolute atomic E-state index is 12.8. The molecule has 2 heterocycles. The molecule has 1 atom stereocenters. The van der Waals surface area contributed by atoms with E-state index in [0.29, 0.717) is 23.2 Å². The predicted octanol–water partition coefficient (Wildman–Crippen LogP) is 3.59. The number of carbonyl (C=O) groups is 2. The lowest BCUT2D eigenvalue weighted by molar-refractivity contribution is 0.0602. The number of esters is 1. The first-order valence-electron chi connectivity index (χ1n) is 9.64. The molecule has 0 radical (unpaired) electrons. The quantitative estimate of drug-likeness (QED) is 0.796. The summed E-state index contributed by atoms with van der Waals surface area (Å²) in [5.74, 6) is -0.291. The number of rotatable bonds is 5. The molecular formula is C21H26N4O3. The van der Waals surface area contributed by atoms with Gasteiger partial charge >= 0.3 is 5.97 Å². The number of amides is 1. The zero-order valence-electron chi connectivity index (χ0n) is 16.6. The molecule has 1 N–H and O–H groups in total. The van der Waals surface area contributed by atoms with Crippen LogP contribution in [0.2, 0.25) is 0 Å². The van der Waals surface area contributed by atoms with E-state index in [4.69, 9.17) is 4.74 Å². The highest BCUT2D eigenvalue weighted by molar-refractivity contribution is 6.07. The van der Waals surface area contributed by atoms with E-state index < -0.39 is 5.97 Å². The van der Waals surface area contributed by atoms with Crippen LogP contribution in [0.25, 0.3) is 0 Å². The molecule has 3 rings (SSSR count). The van der Waals surface area contributed by atoms with E-state index >= 15 is 0 Å². The molecule has 148 valence electrons. The Kier molecular flexibility index (Phi) is 6.23. The number of aromatic nitrogens is 2. The number of ether oxygens (including phenoxy) is 1. The fraction of sp³-hybridized carbons (Fsp3) is 0.429. The van der Waals surface area contributed by atoms with E-state index in [-0.39, 0.29) is 11.6 Å². The standard InChI is InChI=1S/C21H26N4O3/c1-4-15-9-7-8-12-25(15)21-22-14(2)13-18(24-21)19(26)23-17-11-6-5-10-16(17)20(27)28-3/h5-6,10-11,13,15H,4,7-9,12H2,1-3H3,(H,23,26). The number of benzene rings is 1. The first-order valence-corrected chi connectivity index (χ1v) is 9.64. The number of para-hydroxylation sites is 1. The summed E-state index contributed by atoms with van der Waals surface area (Å²) < 4.78 is 4.78. The summed E-state index contributed by atoms with van der Waals surface area (Å²) in [7, 11) is 1.31. The largest absolute Gasteiger partial charge is 0.465 e. The summed E-state index contributed by atoms with van der Waals surface area (Å²) in [5, 5.41) is 2.78. The van der Waals surface area contributed by atoms with Crippen molar-refractivity contribution in [2.24, 2.45) is 0 Å². The van der Waals surface area contributed by atoms with Gasteiger partial charge in [-0.25, -0.2) is 14.8 Å². The van der Waals surface area contributed by atoms with E-state index in [0.717, 1.165) is 31.5 Å². The van der Waals surface area contributed by atoms with Gasteiger partial charge in [0.25, 0.3) is 5.91 Å². The van der Waals surface area contributed by atoms with Crippen LogP contribution in [-0.4, -0.2) is 41.5 Å². The fourth-order valence-corrected chi connectivity index (χ4v) is 3.55.